The second kappa shape index (κ2) is 7.19. The van der Waals surface area contributed by atoms with Gasteiger partial charge in [0.25, 0.3) is 11.8 Å². The summed E-state index contributed by atoms with van der Waals surface area (Å²) in [5.74, 6) is -0.170. The Labute approximate surface area is 144 Å². The molecule has 1 saturated carbocycles. The van der Waals surface area contributed by atoms with E-state index in [4.69, 9.17) is 10.2 Å². The quantitative estimate of drug-likeness (QED) is 0.792. The highest BCUT2D eigenvalue weighted by atomic mass is 32.1. The van der Waals surface area contributed by atoms with Crippen LogP contribution in [-0.2, 0) is 0 Å². The smallest absolute Gasteiger partial charge is 0.291 e. The topological polar surface area (TPSA) is 97.4 Å². The Bertz CT molecular complexity index is 716. The zero-order chi connectivity index (χ0) is 17.1. The molecule has 3 rings (SSSR count). The number of anilines is 1. The minimum atomic E-state index is -0.325. The molecule has 0 aromatic carbocycles. The zero-order valence-electron chi connectivity index (χ0n) is 13.5. The van der Waals surface area contributed by atoms with E-state index in [1.54, 1.807) is 18.2 Å². The van der Waals surface area contributed by atoms with E-state index in [1.807, 2.05) is 6.92 Å². The number of nitrogens with two attached hydrogens (primary N) is 1. The Kier molecular flexibility index (Phi) is 5.01. The van der Waals surface area contributed by atoms with Gasteiger partial charge in [-0.1, -0.05) is 0 Å². The van der Waals surface area contributed by atoms with Gasteiger partial charge in [-0.3, -0.25) is 9.59 Å². The SMILES string of the molecule is Cc1cc(NC(=O)c2ccco2)sc1C(=O)NC1CCC(N)CC1. The van der Waals surface area contributed by atoms with Crippen LogP contribution in [0.5, 0.6) is 0 Å². The van der Waals surface area contributed by atoms with Crippen molar-refractivity contribution in [3.05, 3.63) is 40.7 Å². The molecule has 0 saturated heterocycles. The van der Waals surface area contributed by atoms with Crippen LogP contribution in [-0.4, -0.2) is 23.9 Å². The molecular formula is C17H21N3O3S. The molecule has 2 aromatic rings. The van der Waals surface area contributed by atoms with Gasteiger partial charge in [0.15, 0.2) is 5.76 Å². The van der Waals surface area contributed by atoms with Crippen LogP contribution in [0.2, 0.25) is 0 Å². The van der Waals surface area contributed by atoms with Crippen molar-refractivity contribution in [3.8, 4) is 0 Å². The maximum atomic E-state index is 12.5. The summed E-state index contributed by atoms with van der Waals surface area (Å²) in [4.78, 5) is 25.1. The van der Waals surface area contributed by atoms with Gasteiger partial charge in [0.05, 0.1) is 16.1 Å². The minimum Gasteiger partial charge on any atom is -0.459 e. The number of hydrogen-bond acceptors (Lipinski definition) is 5. The number of aryl methyl sites for hydroxylation is 1. The van der Waals surface area contributed by atoms with Gasteiger partial charge < -0.3 is 20.8 Å². The second-order valence-corrected chi connectivity index (χ2v) is 7.19. The molecule has 128 valence electrons. The number of amides is 2. The summed E-state index contributed by atoms with van der Waals surface area (Å²) in [6.07, 6.45) is 5.17. The summed E-state index contributed by atoms with van der Waals surface area (Å²) >= 11 is 1.27. The van der Waals surface area contributed by atoms with E-state index in [1.165, 1.54) is 17.6 Å². The molecule has 24 heavy (non-hydrogen) atoms. The molecule has 2 heterocycles. The Morgan fingerprint density at radius 1 is 1.25 bits per heavy atom. The molecule has 4 N–H and O–H groups in total. The first kappa shape index (κ1) is 16.7. The lowest BCUT2D eigenvalue weighted by atomic mass is 9.92. The van der Waals surface area contributed by atoms with E-state index < -0.39 is 0 Å². The van der Waals surface area contributed by atoms with Gasteiger partial charge in [0, 0.05) is 12.1 Å². The van der Waals surface area contributed by atoms with Gasteiger partial charge in [-0.2, -0.15) is 0 Å². The summed E-state index contributed by atoms with van der Waals surface area (Å²) in [5.41, 5.74) is 6.74. The molecule has 2 aromatic heterocycles. The maximum absolute atomic E-state index is 12.5. The van der Waals surface area contributed by atoms with Crippen LogP contribution in [0.4, 0.5) is 5.00 Å². The molecule has 0 aliphatic heterocycles. The fourth-order valence-corrected chi connectivity index (χ4v) is 3.84. The van der Waals surface area contributed by atoms with Crippen LogP contribution >= 0.6 is 11.3 Å². The van der Waals surface area contributed by atoms with Gasteiger partial charge in [-0.05, 0) is 56.4 Å². The van der Waals surface area contributed by atoms with E-state index in [0.717, 1.165) is 31.2 Å². The molecule has 6 nitrogen and oxygen atoms in total. The monoisotopic (exact) mass is 347 g/mol. The van der Waals surface area contributed by atoms with Crippen molar-refractivity contribution < 1.29 is 14.0 Å². The lowest BCUT2D eigenvalue weighted by Crippen LogP contribution is -2.40. The van der Waals surface area contributed by atoms with Crippen molar-refractivity contribution in [2.24, 2.45) is 5.73 Å². The molecule has 0 radical (unpaired) electrons. The van der Waals surface area contributed by atoms with Crippen molar-refractivity contribution in [1.29, 1.82) is 0 Å². The van der Waals surface area contributed by atoms with E-state index >= 15 is 0 Å². The molecule has 2 amide bonds. The third kappa shape index (κ3) is 3.85. The molecule has 1 fully saturated rings. The summed E-state index contributed by atoms with van der Waals surface area (Å²) in [6.45, 7) is 1.87. The summed E-state index contributed by atoms with van der Waals surface area (Å²) in [7, 11) is 0. The van der Waals surface area contributed by atoms with E-state index in [2.05, 4.69) is 10.6 Å². The normalized spacial score (nSPS) is 20.6. The highest BCUT2D eigenvalue weighted by molar-refractivity contribution is 7.18. The Hall–Kier alpha value is -2.12. The van der Waals surface area contributed by atoms with Crippen LogP contribution in [0.15, 0.2) is 28.9 Å². The van der Waals surface area contributed by atoms with Crippen LogP contribution < -0.4 is 16.4 Å². The van der Waals surface area contributed by atoms with Crippen molar-refractivity contribution in [2.45, 2.75) is 44.7 Å². The first-order chi connectivity index (χ1) is 11.5. The lowest BCUT2D eigenvalue weighted by Gasteiger charge is -2.26. The second-order valence-electron chi connectivity index (χ2n) is 6.14. The first-order valence-electron chi connectivity index (χ1n) is 8.04. The Morgan fingerprint density at radius 2 is 2.00 bits per heavy atom. The molecule has 7 heteroatoms. The summed E-state index contributed by atoms with van der Waals surface area (Å²) in [5, 5.41) is 6.46. The predicted octanol–water partition coefficient (Wildman–Crippen LogP) is 2.90. The third-order valence-corrected chi connectivity index (χ3v) is 5.36. The number of hydrogen-bond donors (Lipinski definition) is 3. The highest BCUT2D eigenvalue weighted by Gasteiger charge is 2.22. The third-order valence-electron chi connectivity index (χ3n) is 4.21. The lowest BCUT2D eigenvalue weighted by molar-refractivity contribution is 0.0928. The number of thiophene rings is 1. The van der Waals surface area contributed by atoms with Crippen molar-refractivity contribution in [1.82, 2.24) is 5.32 Å². The van der Waals surface area contributed by atoms with Crippen molar-refractivity contribution in [2.75, 3.05) is 5.32 Å². The van der Waals surface area contributed by atoms with Crippen LogP contribution in [0.1, 0.15) is 51.5 Å². The molecule has 1 aliphatic carbocycles. The molecular weight excluding hydrogens is 326 g/mol. The summed E-state index contributed by atoms with van der Waals surface area (Å²) in [6, 6.07) is 5.49. The maximum Gasteiger partial charge on any atom is 0.291 e. The Morgan fingerprint density at radius 3 is 2.67 bits per heavy atom. The highest BCUT2D eigenvalue weighted by Crippen LogP contribution is 2.28. The zero-order valence-corrected chi connectivity index (χ0v) is 14.3. The van der Waals surface area contributed by atoms with Gasteiger partial charge in [0.2, 0.25) is 0 Å². The van der Waals surface area contributed by atoms with Gasteiger partial charge in [-0.15, -0.1) is 11.3 Å². The number of furan rings is 1. The van der Waals surface area contributed by atoms with Crippen LogP contribution in [0, 0.1) is 6.92 Å². The van der Waals surface area contributed by atoms with Gasteiger partial charge in [0.1, 0.15) is 0 Å². The molecule has 0 unspecified atom stereocenters. The van der Waals surface area contributed by atoms with E-state index in [0.29, 0.717) is 9.88 Å². The fourth-order valence-electron chi connectivity index (χ4n) is 2.86. The molecule has 0 bridgehead atoms. The minimum absolute atomic E-state index is 0.0866. The number of nitrogens with one attached hydrogen (secondary N) is 2. The largest absolute Gasteiger partial charge is 0.459 e. The Balaban J connectivity index is 1.63. The number of rotatable bonds is 4. The van der Waals surface area contributed by atoms with E-state index in [9.17, 15) is 9.59 Å². The van der Waals surface area contributed by atoms with Gasteiger partial charge >= 0.3 is 0 Å². The standard InChI is InChI=1S/C17H21N3O3S/c1-10-9-14(20-16(21)13-3-2-8-23-13)24-15(10)17(22)19-12-6-4-11(18)5-7-12/h2-3,8-9,11-12H,4-7,18H2,1H3,(H,19,22)(H,20,21). The average molecular weight is 347 g/mol. The number of carbonyl (C=O) groups is 2. The van der Waals surface area contributed by atoms with Crippen LogP contribution in [0.25, 0.3) is 0 Å². The number of carbonyl (C=O) groups excluding carboxylic acids is 2. The van der Waals surface area contributed by atoms with Crippen molar-refractivity contribution >= 4 is 28.2 Å². The predicted molar refractivity (Wildman–Crippen MR) is 93.4 cm³/mol. The van der Waals surface area contributed by atoms with E-state index in [-0.39, 0.29) is 29.7 Å². The van der Waals surface area contributed by atoms with Crippen LogP contribution in [0.3, 0.4) is 0 Å². The molecule has 0 atom stereocenters. The molecule has 0 spiro atoms. The van der Waals surface area contributed by atoms with Gasteiger partial charge in [-0.25, -0.2) is 0 Å². The molecule has 1 aliphatic rings. The fraction of sp³-hybridized carbons (Fsp3) is 0.412. The first-order valence-corrected chi connectivity index (χ1v) is 8.86. The summed E-state index contributed by atoms with van der Waals surface area (Å²) < 4.78 is 5.06. The average Bonchev–Trinajstić information content (AvgIpc) is 3.19. The van der Waals surface area contributed by atoms with Crippen molar-refractivity contribution in [3.63, 3.8) is 0 Å².